The zero-order valence-electron chi connectivity index (χ0n) is 15.9. The summed E-state index contributed by atoms with van der Waals surface area (Å²) in [5.74, 6) is -0.371. The Bertz CT molecular complexity index is 1090. The van der Waals surface area contributed by atoms with Crippen molar-refractivity contribution in [1.29, 1.82) is 0 Å². The molecule has 0 bridgehead atoms. The maximum absolute atomic E-state index is 12.4. The standard InChI is InChI=1S/C18H18Cl2N6O3/c1-10-16(26(28)29)8-24(22-10)9-17(27)21-18-11(2)23-25(12(18)3)7-13-14(19)5-4-6-15(13)20/h4-6,8H,7,9H2,1-3H3,(H,21,27). The molecular weight excluding hydrogens is 419 g/mol. The molecule has 1 amide bonds. The van der Waals surface area contributed by atoms with Crippen molar-refractivity contribution >= 4 is 40.5 Å². The van der Waals surface area contributed by atoms with Gasteiger partial charge in [0.05, 0.1) is 28.5 Å². The molecule has 11 heteroatoms. The van der Waals surface area contributed by atoms with Gasteiger partial charge in [-0.05, 0) is 32.9 Å². The second kappa shape index (κ2) is 8.22. The zero-order chi connectivity index (χ0) is 21.3. The summed E-state index contributed by atoms with van der Waals surface area (Å²) in [7, 11) is 0. The molecule has 3 aromatic rings. The van der Waals surface area contributed by atoms with Crippen LogP contribution < -0.4 is 5.32 Å². The van der Waals surface area contributed by atoms with E-state index in [4.69, 9.17) is 23.2 Å². The third-order valence-electron chi connectivity index (χ3n) is 4.44. The van der Waals surface area contributed by atoms with Crippen LogP contribution >= 0.6 is 23.2 Å². The van der Waals surface area contributed by atoms with E-state index in [-0.39, 0.29) is 23.8 Å². The molecular formula is C18H18Cl2N6O3. The number of hydrogen-bond donors (Lipinski definition) is 1. The van der Waals surface area contributed by atoms with Crippen LogP contribution in [0.4, 0.5) is 11.4 Å². The molecule has 0 unspecified atom stereocenters. The van der Waals surface area contributed by atoms with Gasteiger partial charge in [-0.2, -0.15) is 10.2 Å². The van der Waals surface area contributed by atoms with Crippen LogP contribution in [0, 0.1) is 30.9 Å². The lowest BCUT2D eigenvalue weighted by Gasteiger charge is -2.10. The van der Waals surface area contributed by atoms with Crippen LogP contribution in [-0.4, -0.2) is 30.4 Å². The van der Waals surface area contributed by atoms with Crippen molar-refractivity contribution in [3.05, 3.63) is 67.2 Å². The molecule has 1 aromatic carbocycles. The van der Waals surface area contributed by atoms with Crippen molar-refractivity contribution in [2.45, 2.75) is 33.9 Å². The smallest absolute Gasteiger partial charge is 0.309 e. The highest BCUT2D eigenvalue weighted by atomic mass is 35.5. The molecule has 0 spiro atoms. The molecule has 0 aliphatic carbocycles. The second-order valence-corrected chi connectivity index (χ2v) is 7.32. The SMILES string of the molecule is Cc1nn(CC(=O)Nc2c(C)nn(Cc3c(Cl)cccc3Cl)c2C)cc1[N+](=O)[O-]. The molecule has 0 saturated heterocycles. The number of aromatic nitrogens is 4. The van der Waals surface area contributed by atoms with Gasteiger partial charge in [-0.25, -0.2) is 0 Å². The van der Waals surface area contributed by atoms with Gasteiger partial charge in [0.25, 0.3) is 0 Å². The van der Waals surface area contributed by atoms with Crippen LogP contribution in [0.2, 0.25) is 10.0 Å². The topological polar surface area (TPSA) is 108 Å². The summed E-state index contributed by atoms with van der Waals surface area (Å²) < 4.78 is 2.95. The number of anilines is 1. The van der Waals surface area contributed by atoms with Crippen molar-refractivity contribution in [3.63, 3.8) is 0 Å². The average molecular weight is 437 g/mol. The number of halogens is 2. The Hall–Kier alpha value is -2.91. The van der Waals surface area contributed by atoms with Crippen molar-refractivity contribution < 1.29 is 9.72 Å². The van der Waals surface area contributed by atoms with Gasteiger partial charge in [-0.15, -0.1) is 0 Å². The highest BCUT2D eigenvalue weighted by Gasteiger charge is 2.19. The van der Waals surface area contributed by atoms with Crippen molar-refractivity contribution in [1.82, 2.24) is 19.6 Å². The minimum Gasteiger partial charge on any atom is -0.321 e. The van der Waals surface area contributed by atoms with Crippen molar-refractivity contribution in [2.75, 3.05) is 5.32 Å². The first kappa shape index (κ1) is 20.8. The molecule has 152 valence electrons. The molecule has 9 nitrogen and oxygen atoms in total. The predicted molar refractivity (Wildman–Crippen MR) is 110 cm³/mol. The summed E-state index contributed by atoms with van der Waals surface area (Å²) in [6.45, 7) is 5.31. The fourth-order valence-electron chi connectivity index (χ4n) is 2.96. The first-order valence-electron chi connectivity index (χ1n) is 8.62. The van der Waals surface area contributed by atoms with E-state index in [0.29, 0.717) is 28.0 Å². The van der Waals surface area contributed by atoms with Crippen molar-refractivity contribution in [3.8, 4) is 0 Å². The zero-order valence-corrected chi connectivity index (χ0v) is 17.5. The first-order valence-corrected chi connectivity index (χ1v) is 9.38. The highest BCUT2D eigenvalue weighted by molar-refractivity contribution is 6.35. The average Bonchev–Trinajstić information content (AvgIpc) is 3.12. The minimum absolute atomic E-state index is 0.130. The Kier molecular flexibility index (Phi) is 5.90. The molecule has 0 saturated carbocycles. The van der Waals surface area contributed by atoms with Crippen LogP contribution in [0.1, 0.15) is 22.6 Å². The van der Waals surface area contributed by atoms with Crippen LogP contribution in [0.5, 0.6) is 0 Å². The summed E-state index contributed by atoms with van der Waals surface area (Å²) in [5.41, 5.74) is 2.78. The number of rotatable bonds is 6. The van der Waals surface area contributed by atoms with E-state index in [0.717, 1.165) is 11.3 Å². The largest absolute Gasteiger partial charge is 0.321 e. The number of carbonyl (C=O) groups excluding carboxylic acids is 1. The Balaban J connectivity index is 1.77. The molecule has 2 aromatic heterocycles. The summed E-state index contributed by atoms with van der Waals surface area (Å²) in [6.07, 6.45) is 1.23. The van der Waals surface area contributed by atoms with Crippen LogP contribution in [0.25, 0.3) is 0 Å². The lowest BCUT2D eigenvalue weighted by atomic mass is 10.2. The van der Waals surface area contributed by atoms with E-state index in [9.17, 15) is 14.9 Å². The molecule has 0 aliphatic heterocycles. The Morgan fingerprint density at radius 3 is 2.41 bits per heavy atom. The number of nitrogens with one attached hydrogen (secondary N) is 1. The number of nitrogens with zero attached hydrogens (tertiary/aromatic N) is 5. The fraction of sp³-hybridized carbons (Fsp3) is 0.278. The van der Waals surface area contributed by atoms with Gasteiger partial charge in [0, 0.05) is 15.6 Å². The minimum atomic E-state index is -0.533. The highest BCUT2D eigenvalue weighted by Crippen LogP contribution is 2.27. The number of amides is 1. The van der Waals surface area contributed by atoms with Crippen LogP contribution in [0.3, 0.4) is 0 Å². The van der Waals surface area contributed by atoms with Crippen LogP contribution in [-0.2, 0) is 17.9 Å². The summed E-state index contributed by atoms with van der Waals surface area (Å²) in [6, 6.07) is 5.27. The number of nitro groups is 1. The van der Waals surface area contributed by atoms with E-state index in [1.165, 1.54) is 17.8 Å². The molecule has 0 aliphatic rings. The Morgan fingerprint density at radius 2 is 1.83 bits per heavy atom. The van der Waals surface area contributed by atoms with E-state index >= 15 is 0 Å². The third kappa shape index (κ3) is 4.41. The molecule has 3 rings (SSSR count). The number of aryl methyl sites for hydroxylation is 2. The summed E-state index contributed by atoms with van der Waals surface area (Å²) in [4.78, 5) is 22.8. The number of carbonyl (C=O) groups is 1. The maximum Gasteiger partial charge on any atom is 0.309 e. The van der Waals surface area contributed by atoms with E-state index in [1.54, 1.807) is 29.8 Å². The molecule has 0 radical (unpaired) electrons. The summed E-state index contributed by atoms with van der Waals surface area (Å²) >= 11 is 12.5. The molecule has 0 atom stereocenters. The van der Waals surface area contributed by atoms with Gasteiger partial charge in [-0.1, -0.05) is 29.3 Å². The van der Waals surface area contributed by atoms with Gasteiger partial charge in [-0.3, -0.25) is 24.3 Å². The quantitative estimate of drug-likeness (QED) is 0.465. The Morgan fingerprint density at radius 1 is 1.17 bits per heavy atom. The first-order chi connectivity index (χ1) is 13.7. The number of benzene rings is 1. The van der Waals surface area contributed by atoms with Gasteiger partial charge in [0.2, 0.25) is 5.91 Å². The maximum atomic E-state index is 12.4. The van der Waals surface area contributed by atoms with Gasteiger partial charge >= 0.3 is 5.69 Å². The van der Waals surface area contributed by atoms with Gasteiger partial charge < -0.3 is 5.32 Å². The monoisotopic (exact) mass is 436 g/mol. The van der Waals surface area contributed by atoms with Crippen molar-refractivity contribution in [2.24, 2.45) is 0 Å². The molecule has 2 heterocycles. The predicted octanol–water partition coefficient (Wildman–Crippen LogP) is 3.91. The van der Waals surface area contributed by atoms with Gasteiger partial charge in [0.1, 0.15) is 18.4 Å². The molecule has 29 heavy (non-hydrogen) atoms. The third-order valence-corrected chi connectivity index (χ3v) is 5.15. The van der Waals surface area contributed by atoms with E-state index in [1.807, 2.05) is 6.92 Å². The lowest BCUT2D eigenvalue weighted by molar-refractivity contribution is -0.385. The fourth-order valence-corrected chi connectivity index (χ4v) is 3.48. The lowest BCUT2D eigenvalue weighted by Crippen LogP contribution is -2.20. The normalized spacial score (nSPS) is 10.9. The molecule has 1 N–H and O–H groups in total. The van der Waals surface area contributed by atoms with E-state index in [2.05, 4.69) is 15.5 Å². The second-order valence-electron chi connectivity index (χ2n) is 6.51. The van der Waals surface area contributed by atoms with E-state index < -0.39 is 4.92 Å². The van der Waals surface area contributed by atoms with Gasteiger partial charge in [0.15, 0.2) is 0 Å². The summed E-state index contributed by atoms with van der Waals surface area (Å²) in [5, 5.41) is 23.3. The number of hydrogen-bond acceptors (Lipinski definition) is 5. The Labute approximate surface area is 176 Å². The molecule has 0 fully saturated rings. The van der Waals surface area contributed by atoms with Crippen LogP contribution in [0.15, 0.2) is 24.4 Å².